The maximum atomic E-state index is 4.47. The van der Waals surface area contributed by atoms with Crippen LogP contribution in [0.25, 0.3) is 0 Å². The zero-order chi connectivity index (χ0) is 12.4. The lowest BCUT2D eigenvalue weighted by Gasteiger charge is -2.32. The Balaban J connectivity index is 1.78. The third kappa shape index (κ3) is 2.23. The Morgan fingerprint density at radius 1 is 1.33 bits per heavy atom. The topological polar surface area (TPSA) is 44.8 Å². The highest BCUT2D eigenvalue weighted by Gasteiger charge is 2.23. The standard InChI is InChI=1S/C14H18N4/c1-11-4-5-15-13(9-11)18-8-2-3-12(10-18)14-16-6-7-17-14/h4-7,9,12H,2-3,8,10H2,1H3,(H,16,17). The molecule has 0 radical (unpaired) electrons. The van der Waals surface area contributed by atoms with E-state index in [9.17, 15) is 0 Å². The molecule has 1 atom stereocenters. The lowest BCUT2D eigenvalue weighted by atomic mass is 9.97. The van der Waals surface area contributed by atoms with E-state index in [1.807, 2.05) is 24.7 Å². The van der Waals surface area contributed by atoms with Crippen molar-refractivity contribution in [2.45, 2.75) is 25.7 Å². The molecule has 1 N–H and O–H groups in total. The Morgan fingerprint density at radius 2 is 2.28 bits per heavy atom. The zero-order valence-electron chi connectivity index (χ0n) is 10.6. The summed E-state index contributed by atoms with van der Waals surface area (Å²) in [6, 6.07) is 4.20. The number of hydrogen-bond donors (Lipinski definition) is 1. The smallest absolute Gasteiger partial charge is 0.128 e. The van der Waals surface area contributed by atoms with Crippen molar-refractivity contribution in [3.63, 3.8) is 0 Å². The number of hydrogen-bond acceptors (Lipinski definition) is 3. The molecule has 3 rings (SSSR count). The first-order valence-electron chi connectivity index (χ1n) is 6.50. The van der Waals surface area contributed by atoms with Crippen LogP contribution in [0.2, 0.25) is 0 Å². The van der Waals surface area contributed by atoms with Crippen LogP contribution in [0.3, 0.4) is 0 Å². The highest BCUT2D eigenvalue weighted by molar-refractivity contribution is 5.41. The molecule has 4 nitrogen and oxygen atoms in total. The minimum Gasteiger partial charge on any atom is -0.356 e. The normalized spacial score (nSPS) is 20.1. The Morgan fingerprint density at radius 3 is 3.06 bits per heavy atom. The monoisotopic (exact) mass is 242 g/mol. The fraction of sp³-hybridized carbons (Fsp3) is 0.429. The van der Waals surface area contributed by atoms with Crippen LogP contribution < -0.4 is 4.90 Å². The number of H-pyrrole nitrogens is 1. The molecule has 4 heteroatoms. The molecule has 18 heavy (non-hydrogen) atoms. The summed E-state index contributed by atoms with van der Waals surface area (Å²) in [5.41, 5.74) is 1.26. The van der Waals surface area contributed by atoms with Crippen molar-refractivity contribution in [1.29, 1.82) is 0 Å². The molecular weight excluding hydrogens is 224 g/mol. The molecule has 2 aromatic heterocycles. The summed E-state index contributed by atoms with van der Waals surface area (Å²) < 4.78 is 0. The number of aromatic amines is 1. The van der Waals surface area contributed by atoms with Gasteiger partial charge in [0.2, 0.25) is 0 Å². The van der Waals surface area contributed by atoms with Crippen molar-refractivity contribution in [3.8, 4) is 0 Å². The van der Waals surface area contributed by atoms with Crippen LogP contribution in [-0.4, -0.2) is 28.0 Å². The number of nitrogens with one attached hydrogen (secondary N) is 1. The van der Waals surface area contributed by atoms with E-state index in [1.54, 1.807) is 0 Å². The highest BCUT2D eigenvalue weighted by Crippen LogP contribution is 2.27. The van der Waals surface area contributed by atoms with E-state index in [2.05, 4.69) is 32.8 Å². The van der Waals surface area contributed by atoms with E-state index in [1.165, 1.54) is 18.4 Å². The molecule has 1 fully saturated rings. The van der Waals surface area contributed by atoms with Gasteiger partial charge in [-0.05, 0) is 37.5 Å². The van der Waals surface area contributed by atoms with Crippen LogP contribution in [0.15, 0.2) is 30.7 Å². The predicted molar refractivity (Wildman–Crippen MR) is 71.7 cm³/mol. The molecule has 0 aromatic carbocycles. The predicted octanol–water partition coefficient (Wildman–Crippen LogP) is 2.50. The summed E-state index contributed by atoms with van der Waals surface area (Å²) in [5.74, 6) is 2.69. The van der Waals surface area contributed by atoms with E-state index in [0.717, 1.165) is 24.7 Å². The van der Waals surface area contributed by atoms with Gasteiger partial charge in [0, 0.05) is 37.6 Å². The number of rotatable bonds is 2. The number of aryl methyl sites for hydroxylation is 1. The SMILES string of the molecule is Cc1ccnc(N2CCCC(c3ncc[nH]3)C2)c1. The summed E-state index contributed by atoms with van der Waals surface area (Å²) in [6.45, 7) is 4.21. The molecule has 0 aliphatic carbocycles. The summed E-state index contributed by atoms with van der Waals surface area (Å²) in [4.78, 5) is 14.5. The Labute approximate surface area is 107 Å². The molecule has 0 spiro atoms. The maximum Gasteiger partial charge on any atom is 0.128 e. The van der Waals surface area contributed by atoms with Crippen molar-refractivity contribution in [2.24, 2.45) is 0 Å². The average molecular weight is 242 g/mol. The van der Waals surface area contributed by atoms with Crippen molar-refractivity contribution in [1.82, 2.24) is 15.0 Å². The molecule has 1 aliphatic rings. The summed E-state index contributed by atoms with van der Waals surface area (Å²) in [6.07, 6.45) is 8.02. The zero-order valence-corrected chi connectivity index (χ0v) is 10.6. The number of pyridine rings is 1. The minimum absolute atomic E-state index is 0.496. The van der Waals surface area contributed by atoms with E-state index in [-0.39, 0.29) is 0 Å². The average Bonchev–Trinajstić information content (AvgIpc) is 2.93. The van der Waals surface area contributed by atoms with Crippen molar-refractivity contribution >= 4 is 5.82 Å². The minimum atomic E-state index is 0.496. The van der Waals surface area contributed by atoms with Crippen LogP contribution in [0, 0.1) is 6.92 Å². The van der Waals surface area contributed by atoms with Gasteiger partial charge in [-0.1, -0.05) is 0 Å². The third-order valence-electron chi connectivity index (χ3n) is 3.55. The van der Waals surface area contributed by atoms with Crippen LogP contribution in [0.1, 0.15) is 30.1 Å². The van der Waals surface area contributed by atoms with Gasteiger partial charge < -0.3 is 9.88 Å². The Kier molecular flexibility index (Phi) is 3.00. The Hall–Kier alpha value is -1.84. The molecule has 0 bridgehead atoms. The van der Waals surface area contributed by atoms with Gasteiger partial charge in [-0.3, -0.25) is 0 Å². The maximum absolute atomic E-state index is 4.47. The van der Waals surface area contributed by atoms with Crippen LogP contribution in [0.4, 0.5) is 5.82 Å². The molecular formula is C14H18N4. The largest absolute Gasteiger partial charge is 0.356 e. The van der Waals surface area contributed by atoms with E-state index in [0.29, 0.717) is 5.92 Å². The van der Waals surface area contributed by atoms with Gasteiger partial charge >= 0.3 is 0 Å². The van der Waals surface area contributed by atoms with Gasteiger partial charge in [0.25, 0.3) is 0 Å². The van der Waals surface area contributed by atoms with E-state index < -0.39 is 0 Å². The van der Waals surface area contributed by atoms with Gasteiger partial charge in [0.1, 0.15) is 11.6 Å². The second-order valence-corrected chi connectivity index (χ2v) is 4.95. The molecule has 0 amide bonds. The van der Waals surface area contributed by atoms with Crippen LogP contribution in [-0.2, 0) is 0 Å². The van der Waals surface area contributed by atoms with Crippen LogP contribution in [0.5, 0.6) is 0 Å². The van der Waals surface area contributed by atoms with E-state index >= 15 is 0 Å². The molecule has 1 saturated heterocycles. The summed E-state index contributed by atoms with van der Waals surface area (Å²) in [7, 11) is 0. The summed E-state index contributed by atoms with van der Waals surface area (Å²) in [5, 5.41) is 0. The lowest BCUT2D eigenvalue weighted by Crippen LogP contribution is -2.35. The van der Waals surface area contributed by atoms with Crippen LogP contribution >= 0.6 is 0 Å². The third-order valence-corrected chi connectivity index (χ3v) is 3.55. The quantitative estimate of drug-likeness (QED) is 0.880. The first-order valence-corrected chi connectivity index (χ1v) is 6.50. The van der Waals surface area contributed by atoms with Gasteiger partial charge in [-0.2, -0.15) is 0 Å². The van der Waals surface area contributed by atoms with Crippen molar-refractivity contribution < 1.29 is 0 Å². The molecule has 1 unspecified atom stereocenters. The number of anilines is 1. The van der Waals surface area contributed by atoms with Gasteiger partial charge in [0.15, 0.2) is 0 Å². The van der Waals surface area contributed by atoms with Gasteiger partial charge in [-0.15, -0.1) is 0 Å². The molecule has 94 valence electrons. The number of nitrogens with zero attached hydrogens (tertiary/aromatic N) is 3. The van der Waals surface area contributed by atoms with Gasteiger partial charge in [0.05, 0.1) is 0 Å². The molecule has 2 aromatic rings. The van der Waals surface area contributed by atoms with Crippen molar-refractivity contribution in [3.05, 3.63) is 42.1 Å². The van der Waals surface area contributed by atoms with Crippen molar-refractivity contribution in [2.75, 3.05) is 18.0 Å². The van der Waals surface area contributed by atoms with E-state index in [4.69, 9.17) is 0 Å². The number of piperidine rings is 1. The number of aromatic nitrogens is 3. The fourth-order valence-corrected chi connectivity index (χ4v) is 2.60. The summed E-state index contributed by atoms with van der Waals surface area (Å²) >= 11 is 0. The lowest BCUT2D eigenvalue weighted by molar-refractivity contribution is 0.491. The second-order valence-electron chi connectivity index (χ2n) is 4.95. The fourth-order valence-electron chi connectivity index (χ4n) is 2.60. The first kappa shape index (κ1) is 11.3. The first-order chi connectivity index (χ1) is 8.83. The Bertz CT molecular complexity index is 506. The second kappa shape index (κ2) is 4.80. The van der Waals surface area contributed by atoms with Gasteiger partial charge in [-0.25, -0.2) is 9.97 Å². The molecule has 0 saturated carbocycles. The molecule has 3 heterocycles. The number of imidazole rings is 1. The molecule has 1 aliphatic heterocycles. The highest BCUT2D eigenvalue weighted by atomic mass is 15.2.